The highest BCUT2D eigenvalue weighted by Crippen LogP contribution is 2.26. The van der Waals surface area contributed by atoms with E-state index in [-0.39, 0.29) is 23.9 Å². The fraction of sp³-hybridized carbons (Fsp3) is 0.500. The highest BCUT2D eigenvalue weighted by atomic mass is 16.5. The van der Waals surface area contributed by atoms with Crippen molar-refractivity contribution in [2.75, 3.05) is 7.11 Å². The Morgan fingerprint density at radius 1 is 1.21 bits per heavy atom. The largest absolute Gasteiger partial charge is 0.497 e. The van der Waals surface area contributed by atoms with Crippen molar-refractivity contribution in [1.82, 2.24) is 0 Å². The molecule has 1 aromatic carbocycles. The van der Waals surface area contributed by atoms with Gasteiger partial charge >= 0.3 is 0 Å². The van der Waals surface area contributed by atoms with E-state index in [1.807, 2.05) is 0 Å². The molecule has 1 aliphatic carbocycles. The van der Waals surface area contributed by atoms with Gasteiger partial charge < -0.3 is 4.74 Å². The number of ketones is 2. The first-order chi connectivity index (χ1) is 9.20. The van der Waals surface area contributed by atoms with Crippen LogP contribution in [0.5, 0.6) is 5.75 Å². The van der Waals surface area contributed by atoms with Crippen LogP contribution in [0.3, 0.4) is 0 Å². The van der Waals surface area contributed by atoms with Crippen LogP contribution < -0.4 is 4.74 Å². The lowest BCUT2D eigenvalue weighted by Gasteiger charge is -2.19. The summed E-state index contributed by atoms with van der Waals surface area (Å²) in [5.74, 6) is 0.751. The van der Waals surface area contributed by atoms with E-state index < -0.39 is 0 Å². The van der Waals surface area contributed by atoms with Gasteiger partial charge in [0.15, 0.2) is 5.78 Å². The van der Waals surface area contributed by atoms with Gasteiger partial charge in [0.2, 0.25) is 0 Å². The minimum atomic E-state index is -0.102. The molecule has 0 aromatic heterocycles. The number of methoxy groups -OCH3 is 1. The lowest BCUT2D eigenvalue weighted by Crippen LogP contribution is -2.20. The van der Waals surface area contributed by atoms with Crippen molar-refractivity contribution in [3.63, 3.8) is 0 Å². The third-order valence-corrected chi connectivity index (χ3v) is 3.79. The summed E-state index contributed by atoms with van der Waals surface area (Å²) in [5, 5.41) is 0. The molecule has 102 valence electrons. The van der Waals surface area contributed by atoms with Crippen LogP contribution in [-0.4, -0.2) is 18.7 Å². The van der Waals surface area contributed by atoms with Crippen LogP contribution in [-0.2, 0) is 4.79 Å². The van der Waals surface area contributed by atoms with Crippen LogP contribution in [0.1, 0.15) is 48.9 Å². The Kier molecular flexibility index (Phi) is 4.72. The van der Waals surface area contributed by atoms with Crippen molar-refractivity contribution < 1.29 is 14.3 Å². The fourth-order valence-corrected chi connectivity index (χ4v) is 2.63. The number of ether oxygens (including phenoxy) is 1. The number of hydrogen-bond acceptors (Lipinski definition) is 3. The number of Topliss-reactive ketones (excluding diaryl/α,β-unsaturated/α-hetero) is 2. The van der Waals surface area contributed by atoms with E-state index in [0.717, 1.165) is 25.7 Å². The Hall–Kier alpha value is -1.64. The molecule has 0 radical (unpaired) electrons. The number of rotatable bonds is 5. The van der Waals surface area contributed by atoms with E-state index in [4.69, 9.17) is 4.74 Å². The van der Waals surface area contributed by atoms with Gasteiger partial charge in [-0.05, 0) is 25.0 Å². The summed E-state index contributed by atoms with van der Waals surface area (Å²) in [4.78, 5) is 24.2. The normalized spacial score (nSPS) is 16.1. The first kappa shape index (κ1) is 13.8. The number of benzene rings is 1. The van der Waals surface area contributed by atoms with Gasteiger partial charge in [0.1, 0.15) is 11.5 Å². The smallest absolute Gasteiger partial charge is 0.170 e. The van der Waals surface area contributed by atoms with Gasteiger partial charge in [-0.2, -0.15) is 0 Å². The molecule has 0 amide bonds. The average molecular weight is 260 g/mol. The number of carbonyl (C=O) groups excluding carboxylic acids is 2. The van der Waals surface area contributed by atoms with Crippen molar-refractivity contribution in [2.24, 2.45) is 5.92 Å². The SMILES string of the molecule is COc1cccc(C(=O)CC(=O)C2CCCCC2)c1. The van der Waals surface area contributed by atoms with Crippen LogP contribution in [0.2, 0.25) is 0 Å². The minimum Gasteiger partial charge on any atom is -0.497 e. The summed E-state index contributed by atoms with van der Waals surface area (Å²) < 4.78 is 5.09. The van der Waals surface area contributed by atoms with E-state index in [0.29, 0.717) is 11.3 Å². The molecule has 0 N–H and O–H groups in total. The zero-order valence-electron chi connectivity index (χ0n) is 11.4. The second-order valence-corrected chi connectivity index (χ2v) is 5.13. The summed E-state index contributed by atoms with van der Waals surface area (Å²) in [6.07, 6.45) is 5.37. The van der Waals surface area contributed by atoms with Crippen LogP contribution in [0, 0.1) is 5.92 Å². The van der Waals surface area contributed by atoms with E-state index in [1.165, 1.54) is 6.42 Å². The Bertz CT molecular complexity index is 459. The van der Waals surface area contributed by atoms with Gasteiger partial charge in [0, 0.05) is 11.5 Å². The van der Waals surface area contributed by atoms with Crippen molar-refractivity contribution >= 4 is 11.6 Å². The highest BCUT2D eigenvalue weighted by Gasteiger charge is 2.23. The lowest BCUT2D eigenvalue weighted by molar-refractivity contribution is -0.122. The van der Waals surface area contributed by atoms with Crippen molar-refractivity contribution in [3.05, 3.63) is 29.8 Å². The summed E-state index contributed by atoms with van der Waals surface area (Å²) in [7, 11) is 1.57. The van der Waals surface area contributed by atoms with Crippen molar-refractivity contribution in [2.45, 2.75) is 38.5 Å². The molecule has 0 bridgehead atoms. The maximum atomic E-state index is 12.1. The number of hydrogen-bond donors (Lipinski definition) is 0. The summed E-state index contributed by atoms with van der Waals surface area (Å²) in [5.41, 5.74) is 0.559. The van der Waals surface area contributed by atoms with Gasteiger partial charge in [-0.3, -0.25) is 9.59 Å². The van der Waals surface area contributed by atoms with E-state index in [9.17, 15) is 9.59 Å². The molecule has 0 saturated heterocycles. The van der Waals surface area contributed by atoms with Crippen LogP contribution in [0.25, 0.3) is 0 Å². The van der Waals surface area contributed by atoms with Crippen LogP contribution in [0.4, 0.5) is 0 Å². The molecule has 1 aromatic rings. The Morgan fingerprint density at radius 3 is 2.63 bits per heavy atom. The van der Waals surface area contributed by atoms with Gasteiger partial charge in [0.25, 0.3) is 0 Å². The molecule has 1 saturated carbocycles. The second kappa shape index (κ2) is 6.50. The predicted octanol–water partition coefficient (Wildman–Crippen LogP) is 3.42. The van der Waals surface area contributed by atoms with Crippen LogP contribution >= 0.6 is 0 Å². The molecular formula is C16H20O3. The second-order valence-electron chi connectivity index (χ2n) is 5.13. The Balaban J connectivity index is 1.97. The standard InChI is InChI=1S/C16H20O3/c1-19-14-9-5-8-13(10-14)16(18)11-15(17)12-6-3-2-4-7-12/h5,8-10,12H,2-4,6-7,11H2,1H3. The molecule has 0 heterocycles. The predicted molar refractivity (Wildman–Crippen MR) is 73.5 cm³/mol. The summed E-state index contributed by atoms with van der Waals surface area (Å²) >= 11 is 0. The molecule has 19 heavy (non-hydrogen) atoms. The highest BCUT2D eigenvalue weighted by molar-refractivity contribution is 6.08. The number of carbonyl (C=O) groups is 2. The first-order valence-electron chi connectivity index (χ1n) is 6.90. The van der Waals surface area contributed by atoms with Gasteiger partial charge in [-0.1, -0.05) is 31.4 Å². The molecule has 1 fully saturated rings. The zero-order valence-corrected chi connectivity index (χ0v) is 11.4. The lowest BCUT2D eigenvalue weighted by atomic mass is 9.84. The summed E-state index contributed by atoms with van der Waals surface area (Å²) in [6.45, 7) is 0. The quantitative estimate of drug-likeness (QED) is 0.602. The first-order valence-corrected chi connectivity index (χ1v) is 6.90. The average Bonchev–Trinajstić information content (AvgIpc) is 2.48. The monoisotopic (exact) mass is 260 g/mol. The van der Waals surface area contributed by atoms with Gasteiger partial charge in [-0.25, -0.2) is 0 Å². The molecule has 0 unspecified atom stereocenters. The molecule has 3 heteroatoms. The topological polar surface area (TPSA) is 43.4 Å². The third kappa shape index (κ3) is 3.66. The van der Waals surface area contributed by atoms with Gasteiger partial charge in [0.05, 0.1) is 13.5 Å². The molecule has 1 aliphatic rings. The van der Waals surface area contributed by atoms with E-state index in [1.54, 1.807) is 31.4 Å². The minimum absolute atomic E-state index is 0.0256. The Morgan fingerprint density at radius 2 is 1.95 bits per heavy atom. The molecule has 2 rings (SSSR count). The summed E-state index contributed by atoms with van der Waals surface area (Å²) in [6, 6.07) is 6.99. The zero-order chi connectivity index (χ0) is 13.7. The van der Waals surface area contributed by atoms with Gasteiger partial charge in [-0.15, -0.1) is 0 Å². The van der Waals surface area contributed by atoms with Crippen LogP contribution in [0.15, 0.2) is 24.3 Å². The maximum Gasteiger partial charge on any atom is 0.170 e. The molecular weight excluding hydrogens is 240 g/mol. The van der Waals surface area contributed by atoms with Crippen molar-refractivity contribution in [3.8, 4) is 5.75 Å². The molecule has 0 aliphatic heterocycles. The van der Waals surface area contributed by atoms with E-state index >= 15 is 0 Å². The molecule has 0 atom stereocenters. The third-order valence-electron chi connectivity index (χ3n) is 3.79. The molecule has 3 nitrogen and oxygen atoms in total. The maximum absolute atomic E-state index is 12.1. The Labute approximate surface area is 114 Å². The molecule has 0 spiro atoms. The van der Waals surface area contributed by atoms with E-state index in [2.05, 4.69) is 0 Å². The fourth-order valence-electron chi connectivity index (χ4n) is 2.63. The van der Waals surface area contributed by atoms with Crippen molar-refractivity contribution in [1.29, 1.82) is 0 Å².